The van der Waals surface area contributed by atoms with E-state index in [4.69, 9.17) is 40.0 Å². The van der Waals surface area contributed by atoms with Crippen LogP contribution in [-0.4, -0.2) is 172 Å². The molecule has 1 aliphatic rings. The van der Waals surface area contributed by atoms with Crippen LogP contribution in [0.15, 0.2) is 24.3 Å². The predicted molar refractivity (Wildman–Crippen MR) is 207 cm³/mol. The number of ether oxygens (including phenoxy) is 6. The van der Waals surface area contributed by atoms with Crippen LogP contribution < -0.4 is 26.6 Å². The molecule has 6 atom stereocenters. The zero-order valence-corrected chi connectivity index (χ0v) is 33.8. The molecule has 20 nitrogen and oxygen atoms in total. The highest BCUT2D eigenvalue weighted by molar-refractivity contribution is 6.30. The molecular weight excluding hydrogens is 790 g/mol. The second-order valence-electron chi connectivity index (χ2n) is 13.3. The van der Waals surface area contributed by atoms with Gasteiger partial charge >= 0.3 is 12.0 Å². The number of aliphatic hydroxyl groups excluding tert-OH is 3. The molecular formula is C37H60ClN5O15. The molecule has 1 heterocycles. The van der Waals surface area contributed by atoms with E-state index in [9.17, 15) is 44.4 Å². The summed E-state index contributed by atoms with van der Waals surface area (Å²) in [6.45, 7) is 6.30. The van der Waals surface area contributed by atoms with Gasteiger partial charge in [0.15, 0.2) is 0 Å². The first kappa shape index (κ1) is 50.4. The van der Waals surface area contributed by atoms with Crippen molar-refractivity contribution in [3.05, 3.63) is 34.9 Å². The lowest BCUT2D eigenvalue weighted by Gasteiger charge is -2.46. The van der Waals surface area contributed by atoms with Crippen LogP contribution in [-0.2, 0) is 42.8 Å². The van der Waals surface area contributed by atoms with Crippen molar-refractivity contribution in [2.75, 3.05) is 85.6 Å². The molecule has 1 saturated heterocycles. The van der Waals surface area contributed by atoms with E-state index in [-0.39, 0.29) is 24.1 Å². The van der Waals surface area contributed by atoms with Crippen molar-refractivity contribution in [1.29, 1.82) is 0 Å². The molecule has 2 rings (SSSR count). The molecule has 0 unspecified atom stereocenters. The van der Waals surface area contributed by atoms with Crippen LogP contribution in [0.5, 0.6) is 0 Å². The summed E-state index contributed by atoms with van der Waals surface area (Å²) >= 11 is 5.93. The number of amides is 5. The average molecular weight is 850 g/mol. The highest BCUT2D eigenvalue weighted by Crippen LogP contribution is 2.34. The van der Waals surface area contributed by atoms with E-state index in [1.807, 2.05) is 0 Å². The van der Waals surface area contributed by atoms with Crippen molar-refractivity contribution in [2.24, 2.45) is 0 Å². The van der Waals surface area contributed by atoms with Gasteiger partial charge in [0.1, 0.15) is 12.2 Å². The molecule has 21 heteroatoms. The number of benzene rings is 1. The number of aliphatic carboxylic acids is 1. The molecule has 0 spiro atoms. The average Bonchev–Trinajstić information content (AvgIpc) is 3.17. The van der Waals surface area contributed by atoms with Gasteiger partial charge in [0.2, 0.25) is 11.8 Å². The minimum absolute atomic E-state index is 0.0997. The minimum Gasteiger partial charge on any atom is -0.477 e. The van der Waals surface area contributed by atoms with Gasteiger partial charge in [-0.15, -0.1) is 0 Å². The largest absolute Gasteiger partial charge is 0.477 e. The van der Waals surface area contributed by atoms with Crippen LogP contribution in [0.4, 0.5) is 4.79 Å². The second-order valence-corrected chi connectivity index (χ2v) is 13.7. The Bertz CT molecular complexity index is 1400. The lowest BCUT2D eigenvalue weighted by molar-refractivity contribution is -0.310. The van der Waals surface area contributed by atoms with Crippen molar-refractivity contribution in [3.63, 3.8) is 0 Å². The quantitative estimate of drug-likeness (QED) is 0.0433. The van der Waals surface area contributed by atoms with Crippen molar-refractivity contribution in [3.8, 4) is 0 Å². The predicted octanol–water partition coefficient (Wildman–Crippen LogP) is -0.694. The summed E-state index contributed by atoms with van der Waals surface area (Å²) in [5.41, 5.74) is 0.196. The van der Waals surface area contributed by atoms with Crippen LogP contribution in [0.2, 0.25) is 5.02 Å². The Morgan fingerprint density at radius 2 is 1.38 bits per heavy atom. The van der Waals surface area contributed by atoms with E-state index in [0.717, 1.165) is 6.92 Å². The van der Waals surface area contributed by atoms with Gasteiger partial charge in [0.25, 0.3) is 11.7 Å². The summed E-state index contributed by atoms with van der Waals surface area (Å²) in [5, 5.41) is 56.1. The molecule has 0 radical (unpaired) electrons. The zero-order valence-electron chi connectivity index (χ0n) is 33.1. The Balaban J connectivity index is 1.62. The maximum Gasteiger partial charge on any atom is 0.364 e. The summed E-state index contributed by atoms with van der Waals surface area (Å²) in [6, 6.07) is 4.37. The lowest BCUT2D eigenvalue weighted by Crippen LogP contribution is -2.68. The third-order valence-electron chi connectivity index (χ3n) is 8.52. The fraction of sp³-hybridized carbons (Fsp3) is 0.703. The monoisotopic (exact) mass is 849 g/mol. The van der Waals surface area contributed by atoms with Crippen LogP contribution in [0.1, 0.15) is 56.3 Å². The van der Waals surface area contributed by atoms with Gasteiger partial charge in [-0.2, -0.15) is 0 Å². The maximum absolute atomic E-state index is 12.5. The van der Waals surface area contributed by atoms with Crippen molar-refractivity contribution >= 4 is 41.3 Å². The van der Waals surface area contributed by atoms with Crippen molar-refractivity contribution in [2.45, 2.75) is 82.2 Å². The molecule has 0 bridgehead atoms. The first-order valence-corrected chi connectivity index (χ1v) is 19.6. The molecule has 0 saturated carbocycles. The number of aliphatic hydroxyl groups is 3. The van der Waals surface area contributed by atoms with Gasteiger partial charge in [0, 0.05) is 57.0 Å². The third kappa shape index (κ3) is 20.3. The third-order valence-corrected chi connectivity index (χ3v) is 8.75. The number of nitrogens with one attached hydrogen (secondary N) is 5. The number of carbonyl (C=O) groups excluding carboxylic acids is 4. The van der Waals surface area contributed by atoms with Gasteiger partial charge < -0.3 is 75.4 Å². The summed E-state index contributed by atoms with van der Waals surface area (Å²) in [7, 11) is 0. The Hall–Kier alpha value is -3.70. The molecule has 1 aliphatic heterocycles. The smallest absolute Gasteiger partial charge is 0.364 e. The number of hydrogen-bond acceptors (Lipinski definition) is 14. The van der Waals surface area contributed by atoms with E-state index in [1.165, 1.54) is 19.1 Å². The van der Waals surface area contributed by atoms with Crippen LogP contribution in [0, 0.1) is 0 Å². The molecule has 9 N–H and O–H groups in total. The van der Waals surface area contributed by atoms with E-state index < -0.39 is 67.0 Å². The fourth-order valence-electron chi connectivity index (χ4n) is 5.60. The van der Waals surface area contributed by atoms with Crippen LogP contribution in [0.3, 0.4) is 0 Å². The van der Waals surface area contributed by atoms with Gasteiger partial charge in [-0.1, -0.05) is 30.5 Å². The van der Waals surface area contributed by atoms with E-state index in [1.54, 1.807) is 12.1 Å². The summed E-state index contributed by atoms with van der Waals surface area (Å²) < 4.78 is 33.0. The number of halogens is 1. The molecule has 58 heavy (non-hydrogen) atoms. The molecule has 1 aromatic rings. The van der Waals surface area contributed by atoms with Gasteiger partial charge in [-0.25, -0.2) is 9.59 Å². The van der Waals surface area contributed by atoms with E-state index in [2.05, 4.69) is 26.6 Å². The number of carboxylic acids is 1. The molecule has 330 valence electrons. The number of rotatable bonds is 30. The molecule has 0 aromatic heterocycles. The first-order chi connectivity index (χ1) is 27.8. The Morgan fingerprint density at radius 1 is 0.793 bits per heavy atom. The SMILES string of the molecule is CC(=O)NCCOCCOCCOCCOCCNC(=O)NCCCCCCO[C@]1(C(=O)O)C[C@H](O)[C@@H](NC(C)=O)[C@H]([C@H](O)[C@H](O)CNC(=O)c2cccc(Cl)c2)O1. The maximum atomic E-state index is 12.5. The topological polar surface area (TPSA) is 282 Å². The van der Waals surface area contributed by atoms with Crippen molar-refractivity contribution in [1.82, 2.24) is 26.6 Å². The van der Waals surface area contributed by atoms with Crippen molar-refractivity contribution < 1.29 is 72.8 Å². The second kappa shape index (κ2) is 28.7. The van der Waals surface area contributed by atoms with E-state index >= 15 is 0 Å². The Kier molecular flexibility index (Phi) is 24.9. The number of urea groups is 1. The lowest BCUT2D eigenvalue weighted by atomic mass is 9.88. The standard InChI is InChI=1S/C37H60ClN5O15/c1-25(44)39-11-14-53-16-18-55-20-21-56-19-17-54-15-12-41-36(52)40-10-5-3-4-6-13-57-37(35(50)51)23-29(46)31(43-26(2)45)33(58-37)32(48)30(47)24-42-34(49)27-8-7-9-28(38)22-27/h7-9,22,29-33,46-48H,3-6,10-21,23-24H2,1-2H3,(H,39,44)(H,42,49)(H,43,45)(H,50,51)(H2,40,41,52)/t29-,30+,31+,32+,33+,37+/m0/s1. The Labute approximate surface area is 342 Å². The van der Waals surface area contributed by atoms with Gasteiger partial charge in [0.05, 0.1) is 77.7 Å². The number of carbonyl (C=O) groups is 5. The molecule has 1 fully saturated rings. The molecule has 5 amide bonds. The molecule has 1 aromatic carbocycles. The summed E-state index contributed by atoms with van der Waals surface area (Å²) in [4.78, 5) is 59.7. The van der Waals surface area contributed by atoms with Crippen LogP contribution >= 0.6 is 11.6 Å². The highest BCUT2D eigenvalue weighted by atomic mass is 35.5. The number of unbranched alkanes of at least 4 members (excludes halogenated alkanes) is 3. The minimum atomic E-state index is -2.41. The van der Waals surface area contributed by atoms with E-state index in [0.29, 0.717) is 103 Å². The fourth-order valence-corrected chi connectivity index (χ4v) is 5.79. The van der Waals surface area contributed by atoms with Crippen LogP contribution in [0.25, 0.3) is 0 Å². The zero-order chi connectivity index (χ0) is 42.8. The number of carboxylic acid groups (broad SMARTS) is 1. The molecule has 0 aliphatic carbocycles. The number of hydrogen-bond donors (Lipinski definition) is 9. The Morgan fingerprint density at radius 3 is 1.97 bits per heavy atom. The highest BCUT2D eigenvalue weighted by Gasteiger charge is 2.55. The van der Waals surface area contributed by atoms with Gasteiger partial charge in [-0.05, 0) is 31.0 Å². The van der Waals surface area contributed by atoms with Gasteiger partial charge in [-0.3, -0.25) is 14.4 Å². The summed E-state index contributed by atoms with van der Waals surface area (Å²) in [5.74, 6) is -5.30. The normalized spacial score (nSPS) is 20.1. The summed E-state index contributed by atoms with van der Waals surface area (Å²) in [6.07, 6.45) is -5.08. The first-order valence-electron chi connectivity index (χ1n) is 19.2.